The van der Waals surface area contributed by atoms with Gasteiger partial charge >= 0.3 is 0 Å². The van der Waals surface area contributed by atoms with Gasteiger partial charge in [-0.05, 0) is 13.3 Å². The monoisotopic (exact) mass is 264 g/mol. The van der Waals surface area contributed by atoms with Crippen molar-refractivity contribution < 1.29 is 5.11 Å². The van der Waals surface area contributed by atoms with E-state index in [4.69, 9.17) is 5.11 Å². The number of aliphatic hydroxyl groups excluding tert-OH is 1. The van der Waals surface area contributed by atoms with Gasteiger partial charge in [0.2, 0.25) is 5.95 Å². The van der Waals surface area contributed by atoms with Crippen molar-refractivity contribution in [2.45, 2.75) is 20.3 Å². The summed E-state index contributed by atoms with van der Waals surface area (Å²) in [4.78, 5) is 10.9. The van der Waals surface area contributed by atoms with Crippen molar-refractivity contribution in [1.29, 1.82) is 0 Å². The largest absolute Gasteiger partial charge is 0.395 e. The number of nitrogens with one attached hydrogen (secondary N) is 2. The second kappa shape index (κ2) is 6.33. The Morgan fingerprint density at radius 1 is 1.37 bits per heavy atom. The lowest BCUT2D eigenvalue weighted by Gasteiger charge is -2.21. The highest BCUT2D eigenvalue weighted by molar-refractivity contribution is 5.87. The third kappa shape index (κ3) is 2.93. The van der Waals surface area contributed by atoms with Crippen molar-refractivity contribution in [2.75, 3.05) is 36.5 Å². The molecule has 0 aliphatic carbocycles. The van der Waals surface area contributed by atoms with Crippen LogP contribution in [-0.4, -0.2) is 51.5 Å². The molecule has 7 heteroatoms. The number of fused-ring (bicyclic) bond motifs is 1. The maximum absolute atomic E-state index is 9.14. The predicted octanol–water partition coefficient (Wildman–Crippen LogP) is 0.993. The molecule has 0 fully saturated rings. The Balaban J connectivity index is 2.40. The number of likely N-dealkylation sites (N-methyl/N-ethyl adjacent to an activating group) is 1. The van der Waals surface area contributed by atoms with Crippen molar-refractivity contribution in [1.82, 2.24) is 20.2 Å². The van der Waals surface area contributed by atoms with Gasteiger partial charge in [0.15, 0.2) is 5.65 Å². The van der Waals surface area contributed by atoms with Crippen LogP contribution in [0.25, 0.3) is 11.0 Å². The van der Waals surface area contributed by atoms with Crippen molar-refractivity contribution in [3.8, 4) is 0 Å². The van der Waals surface area contributed by atoms with Gasteiger partial charge in [0.1, 0.15) is 5.82 Å². The van der Waals surface area contributed by atoms with Gasteiger partial charge in [0.25, 0.3) is 0 Å². The first-order chi connectivity index (χ1) is 9.30. The molecule has 0 amide bonds. The number of aromatic amines is 1. The first kappa shape index (κ1) is 13.5. The average molecular weight is 264 g/mol. The normalized spacial score (nSPS) is 10.9. The molecule has 0 bridgehead atoms. The summed E-state index contributed by atoms with van der Waals surface area (Å²) >= 11 is 0. The first-order valence-electron chi connectivity index (χ1n) is 6.60. The average Bonchev–Trinajstić information content (AvgIpc) is 2.90. The fourth-order valence-corrected chi connectivity index (χ4v) is 1.91. The summed E-state index contributed by atoms with van der Waals surface area (Å²) in [5, 5.41) is 20.1. The zero-order chi connectivity index (χ0) is 13.7. The van der Waals surface area contributed by atoms with Gasteiger partial charge in [-0.25, -0.2) is 0 Å². The van der Waals surface area contributed by atoms with Crippen LogP contribution in [-0.2, 0) is 0 Å². The standard InChI is InChI=1S/C12H20N6O/c1-3-5-13-12-15-10-9(8-14-17-10)11(16-12)18(4-2)6-7-19/h8,19H,3-7H2,1-2H3,(H2,13,14,15,16,17). The number of anilines is 2. The molecule has 3 N–H and O–H groups in total. The molecule has 104 valence electrons. The van der Waals surface area contributed by atoms with Crippen LogP contribution >= 0.6 is 0 Å². The van der Waals surface area contributed by atoms with E-state index in [0.717, 1.165) is 30.7 Å². The number of H-pyrrole nitrogens is 1. The van der Waals surface area contributed by atoms with Gasteiger partial charge in [-0.2, -0.15) is 15.1 Å². The molecule has 0 atom stereocenters. The lowest BCUT2D eigenvalue weighted by Crippen LogP contribution is -2.27. The molecule has 0 aliphatic rings. The molecule has 0 radical (unpaired) electrons. The van der Waals surface area contributed by atoms with Crippen LogP contribution in [0, 0.1) is 0 Å². The van der Waals surface area contributed by atoms with E-state index in [0.29, 0.717) is 18.1 Å². The van der Waals surface area contributed by atoms with Crippen LogP contribution in [0.4, 0.5) is 11.8 Å². The van der Waals surface area contributed by atoms with E-state index in [-0.39, 0.29) is 6.61 Å². The van der Waals surface area contributed by atoms with E-state index in [2.05, 4.69) is 32.4 Å². The van der Waals surface area contributed by atoms with Crippen LogP contribution in [0.1, 0.15) is 20.3 Å². The number of rotatable bonds is 7. The van der Waals surface area contributed by atoms with E-state index in [9.17, 15) is 0 Å². The van der Waals surface area contributed by atoms with E-state index in [1.165, 1.54) is 0 Å². The molecule has 0 spiro atoms. The molecule has 0 aliphatic heterocycles. The zero-order valence-electron chi connectivity index (χ0n) is 11.3. The van der Waals surface area contributed by atoms with Gasteiger partial charge < -0.3 is 15.3 Å². The Bertz CT molecular complexity index is 526. The molecular weight excluding hydrogens is 244 g/mol. The van der Waals surface area contributed by atoms with Crippen LogP contribution in [0.2, 0.25) is 0 Å². The van der Waals surface area contributed by atoms with Crippen LogP contribution < -0.4 is 10.2 Å². The molecule has 19 heavy (non-hydrogen) atoms. The lowest BCUT2D eigenvalue weighted by atomic mass is 10.3. The molecule has 2 rings (SSSR count). The van der Waals surface area contributed by atoms with E-state index in [1.807, 2.05) is 11.8 Å². The van der Waals surface area contributed by atoms with Gasteiger partial charge in [0, 0.05) is 19.6 Å². The Morgan fingerprint density at radius 3 is 2.89 bits per heavy atom. The van der Waals surface area contributed by atoms with Gasteiger partial charge in [-0.15, -0.1) is 0 Å². The van der Waals surface area contributed by atoms with Crippen molar-refractivity contribution in [3.63, 3.8) is 0 Å². The Hall–Kier alpha value is -1.89. The fraction of sp³-hybridized carbons (Fsp3) is 0.583. The third-order valence-corrected chi connectivity index (χ3v) is 2.87. The SMILES string of the molecule is CCCNc1nc(N(CC)CCO)c2cn[nH]c2n1. The van der Waals surface area contributed by atoms with Crippen molar-refractivity contribution in [3.05, 3.63) is 6.20 Å². The summed E-state index contributed by atoms with van der Waals surface area (Å²) in [6.07, 6.45) is 2.72. The summed E-state index contributed by atoms with van der Waals surface area (Å²) in [7, 11) is 0. The molecule has 0 aromatic carbocycles. The van der Waals surface area contributed by atoms with Crippen LogP contribution in [0.3, 0.4) is 0 Å². The second-order valence-electron chi connectivity index (χ2n) is 4.23. The zero-order valence-corrected chi connectivity index (χ0v) is 11.3. The number of aromatic nitrogens is 4. The number of aliphatic hydroxyl groups is 1. The number of hydrogen-bond acceptors (Lipinski definition) is 6. The highest BCUT2D eigenvalue weighted by Gasteiger charge is 2.14. The van der Waals surface area contributed by atoms with Crippen molar-refractivity contribution in [2.24, 2.45) is 0 Å². The Morgan fingerprint density at radius 2 is 2.21 bits per heavy atom. The first-order valence-corrected chi connectivity index (χ1v) is 6.60. The minimum Gasteiger partial charge on any atom is -0.395 e. The number of nitrogens with zero attached hydrogens (tertiary/aromatic N) is 4. The molecule has 2 heterocycles. The minimum absolute atomic E-state index is 0.0922. The maximum Gasteiger partial charge on any atom is 0.226 e. The van der Waals surface area contributed by atoms with Gasteiger partial charge in [-0.1, -0.05) is 6.92 Å². The molecule has 7 nitrogen and oxygen atoms in total. The predicted molar refractivity (Wildman–Crippen MR) is 75.4 cm³/mol. The smallest absolute Gasteiger partial charge is 0.226 e. The molecule has 2 aromatic rings. The summed E-state index contributed by atoms with van der Waals surface area (Å²) in [6, 6.07) is 0. The summed E-state index contributed by atoms with van der Waals surface area (Å²) in [5.74, 6) is 1.39. The van der Waals surface area contributed by atoms with Gasteiger partial charge in [-0.3, -0.25) is 5.10 Å². The van der Waals surface area contributed by atoms with Crippen LogP contribution in [0.15, 0.2) is 6.20 Å². The van der Waals surface area contributed by atoms with Crippen LogP contribution in [0.5, 0.6) is 0 Å². The summed E-state index contributed by atoms with van der Waals surface area (Å²) < 4.78 is 0. The Kier molecular flexibility index (Phi) is 4.51. The fourth-order valence-electron chi connectivity index (χ4n) is 1.91. The molecular formula is C12H20N6O. The highest BCUT2D eigenvalue weighted by atomic mass is 16.3. The second-order valence-corrected chi connectivity index (χ2v) is 4.23. The molecule has 0 saturated carbocycles. The minimum atomic E-state index is 0.0922. The molecule has 2 aromatic heterocycles. The highest BCUT2D eigenvalue weighted by Crippen LogP contribution is 2.23. The van der Waals surface area contributed by atoms with Crippen molar-refractivity contribution >= 4 is 22.8 Å². The van der Waals surface area contributed by atoms with E-state index < -0.39 is 0 Å². The van der Waals surface area contributed by atoms with Gasteiger partial charge in [0.05, 0.1) is 18.2 Å². The Labute approximate surface area is 112 Å². The maximum atomic E-state index is 9.14. The number of hydrogen-bond donors (Lipinski definition) is 3. The summed E-state index contributed by atoms with van der Waals surface area (Å²) in [5.41, 5.74) is 0.708. The van der Waals surface area contributed by atoms with E-state index in [1.54, 1.807) is 6.20 Å². The quantitative estimate of drug-likeness (QED) is 0.691. The summed E-state index contributed by atoms with van der Waals surface area (Å²) in [6.45, 7) is 6.35. The van der Waals surface area contributed by atoms with E-state index >= 15 is 0 Å². The third-order valence-electron chi connectivity index (χ3n) is 2.87. The molecule has 0 unspecified atom stereocenters. The lowest BCUT2D eigenvalue weighted by molar-refractivity contribution is 0.302. The topological polar surface area (TPSA) is 90.0 Å². The molecule has 0 saturated heterocycles.